The predicted octanol–water partition coefficient (Wildman–Crippen LogP) is 2.91. The Bertz CT molecular complexity index is 1330. The lowest BCUT2D eigenvalue weighted by molar-refractivity contribution is -0.140. The maximum atomic E-state index is 13.6. The molecule has 0 radical (unpaired) electrons. The van der Waals surface area contributed by atoms with Gasteiger partial charge in [-0.15, -0.1) is 0 Å². The first-order valence-electron chi connectivity index (χ1n) is 13.7. The number of benzene rings is 2. The minimum Gasteiger partial charge on any atom is -0.361 e. The second-order valence-corrected chi connectivity index (χ2v) is 11.2. The largest absolute Gasteiger partial charge is 0.361 e. The van der Waals surface area contributed by atoms with E-state index < -0.39 is 6.04 Å². The van der Waals surface area contributed by atoms with E-state index in [2.05, 4.69) is 33.1 Å². The Hall–Kier alpha value is -3.36. The fraction of sp³-hybridized carbons (Fsp3) is 0.433. The van der Waals surface area contributed by atoms with Gasteiger partial charge < -0.3 is 25.8 Å². The molecule has 2 aliphatic heterocycles. The Morgan fingerprint density at radius 2 is 1.92 bits per heavy atom. The number of carbonyl (C=O) groups is 3. The third-order valence-electron chi connectivity index (χ3n) is 8.22. The number of likely N-dealkylation sites (tertiary alicyclic amines) is 1. The van der Waals surface area contributed by atoms with Crippen LogP contribution in [0.25, 0.3) is 10.9 Å². The highest BCUT2D eigenvalue weighted by molar-refractivity contribution is 6.31. The fourth-order valence-electron chi connectivity index (χ4n) is 6.09. The number of piperidine rings is 1. The number of aryl methyl sites for hydroxylation is 1. The van der Waals surface area contributed by atoms with Gasteiger partial charge in [-0.25, -0.2) is 0 Å². The van der Waals surface area contributed by atoms with Crippen LogP contribution in [0.3, 0.4) is 0 Å². The van der Waals surface area contributed by atoms with Crippen LogP contribution < -0.4 is 16.0 Å². The third kappa shape index (κ3) is 6.28. The molecule has 0 bridgehead atoms. The molecule has 4 atom stereocenters. The van der Waals surface area contributed by atoms with Crippen molar-refractivity contribution in [1.29, 1.82) is 0 Å². The number of fused-ring (bicyclic) bond motifs is 2. The lowest BCUT2D eigenvalue weighted by Gasteiger charge is -2.40. The van der Waals surface area contributed by atoms with E-state index in [-0.39, 0.29) is 41.9 Å². The maximum absolute atomic E-state index is 13.6. The Balaban J connectivity index is 1.25. The SMILES string of the molecule is CNC(=O)[C@H](CCCc1ccccc1)NC(=O)C1CN(C(=O)Cc2c[nH]c3cc(Cl)ccc23)CC2CNCC21. The second kappa shape index (κ2) is 12.2. The van der Waals surface area contributed by atoms with Crippen molar-refractivity contribution < 1.29 is 14.4 Å². The van der Waals surface area contributed by atoms with Crippen LogP contribution in [0, 0.1) is 17.8 Å². The molecule has 4 N–H and O–H groups in total. The van der Waals surface area contributed by atoms with Crippen LogP contribution in [-0.4, -0.2) is 66.9 Å². The Kier molecular flexibility index (Phi) is 8.53. The highest BCUT2D eigenvalue weighted by Gasteiger charge is 2.44. The van der Waals surface area contributed by atoms with Gasteiger partial charge in [0.1, 0.15) is 6.04 Å². The van der Waals surface area contributed by atoms with Crippen molar-refractivity contribution in [2.75, 3.05) is 33.2 Å². The molecule has 0 saturated carbocycles. The predicted molar refractivity (Wildman–Crippen MR) is 152 cm³/mol. The molecular weight excluding hydrogens is 514 g/mol. The zero-order valence-corrected chi connectivity index (χ0v) is 23.0. The van der Waals surface area contributed by atoms with Gasteiger partial charge in [-0.2, -0.15) is 0 Å². The minimum atomic E-state index is -0.608. The molecule has 2 saturated heterocycles. The summed E-state index contributed by atoms with van der Waals surface area (Å²) in [7, 11) is 1.59. The lowest BCUT2D eigenvalue weighted by atomic mass is 9.79. The maximum Gasteiger partial charge on any atom is 0.242 e. The normalized spacial score (nSPS) is 21.4. The topological polar surface area (TPSA) is 106 Å². The van der Waals surface area contributed by atoms with E-state index in [1.165, 1.54) is 5.56 Å². The van der Waals surface area contributed by atoms with Crippen LogP contribution in [0.15, 0.2) is 54.7 Å². The molecule has 2 fully saturated rings. The molecule has 3 amide bonds. The fourth-order valence-corrected chi connectivity index (χ4v) is 6.26. The zero-order chi connectivity index (χ0) is 27.4. The van der Waals surface area contributed by atoms with Gasteiger partial charge in [0.15, 0.2) is 0 Å². The number of halogens is 1. The molecule has 206 valence electrons. The molecule has 3 unspecified atom stereocenters. The molecule has 0 aliphatic carbocycles. The average molecular weight is 550 g/mol. The molecule has 1 aromatic heterocycles. The first-order chi connectivity index (χ1) is 18.9. The molecule has 3 aromatic rings. The van der Waals surface area contributed by atoms with Crippen LogP contribution in [0.5, 0.6) is 0 Å². The van der Waals surface area contributed by atoms with Crippen LogP contribution in [0.4, 0.5) is 0 Å². The van der Waals surface area contributed by atoms with Crippen molar-refractivity contribution >= 4 is 40.2 Å². The standard InChI is InChI=1S/C30H36ClN5O3/c1-32-30(39)26(9-5-8-19-6-3-2-4-7-19)35-29(38)25-18-36(17-21-14-33-16-24(21)25)28(37)12-20-15-34-27-13-22(31)10-11-23(20)27/h2-4,6-7,10-11,13,15,21,24-26,33-34H,5,8-9,12,14,16-18H2,1H3,(H,32,39)(H,35,38)/t21?,24?,25?,26-/m0/s1. The summed E-state index contributed by atoms with van der Waals surface area (Å²) < 4.78 is 0. The molecule has 5 rings (SSSR count). The van der Waals surface area contributed by atoms with E-state index in [4.69, 9.17) is 11.6 Å². The number of H-pyrrole nitrogens is 1. The Morgan fingerprint density at radius 3 is 2.72 bits per heavy atom. The number of aromatic amines is 1. The molecule has 3 heterocycles. The van der Waals surface area contributed by atoms with E-state index in [1.54, 1.807) is 7.05 Å². The first-order valence-corrected chi connectivity index (χ1v) is 14.1. The third-order valence-corrected chi connectivity index (χ3v) is 8.46. The van der Waals surface area contributed by atoms with Crippen LogP contribution >= 0.6 is 11.6 Å². The van der Waals surface area contributed by atoms with Gasteiger partial charge in [0.2, 0.25) is 17.7 Å². The zero-order valence-electron chi connectivity index (χ0n) is 22.2. The molecule has 0 spiro atoms. The van der Waals surface area contributed by atoms with Crippen LogP contribution in [0.1, 0.15) is 24.0 Å². The summed E-state index contributed by atoms with van der Waals surface area (Å²) in [6, 6.07) is 15.1. The summed E-state index contributed by atoms with van der Waals surface area (Å²) in [6.07, 6.45) is 4.27. The number of nitrogens with zero attached hydrogens (tertiary/aromatic N) is 1. The van der Waals surface area contributed by atoms with Gasteiger partial charge in [0, 0.05) is 42.3 Å². The number of amides is 3. The quantitative estimate of drug-likeness (QED) is 0.329. The summed E-state index contributed by atoms with van der Waals surface area (Å²) in [5.74, 6) is -0.372. The average Bonchev–Trinajstić information content (AvgIpc) is 3.58. The van der Waals surface area contributed by atoms with Crippen LogP contribution in [0.2, 0.25) is 5.02 Å². The van der Waals surface area contributed by atoms with Gasteiger partial charge in [0.05, 0.1) is 12.3 Å². The molecule has 2 aliphatic rings. The summed E-state index contributed by atoms with van der Waals surface area (Å²) in [5.41, 5.74) is 3.02. The van der Waals surface area contributed by atoms with E-state index in [0.29, 0.717) is 24.5 Å². The van der Waals surface area contributed by atoms with Gasteiger partial charge in [-0.05, 0) is 67.4 Å². The smallest absolute Gasteiger partial charge is 0.242 e. The second-order valence-electron chi connectivity index (χ2n) is 10.7. The van der Waals surface area contributed by atoms with Crippen molar-refractivity contribution in [3.05, 3.63) is 70.9 Å². The van der Waals surface area contributed by atoms with Gasteiger partial charge in [-0.3, -0.25) is 14.4 Å². The summed E-state index contributed by atoms with van der Waals surface area (Å²) in [6.45, 7) is 2.50. The highest BCUT2D eigenvalue weighted by atomic mass is 35.5. The number of hydrogen-bond donors (Lipinski definition) is 4. The number of nitrogens with one attached hydrogen (secondary N) is 4. The summed E-state index contributed by atoms with van der Waals surface area (Å²) in [5, 5.41) is 10.8. The molecule has 8 nitrogen and oxygen atoms in total. The first kappa shape index (κ1) is 27.2. The molecular formula is C30H36ClN5O3. The van der Waals surface area contributed by atoms with Crippen molar-refractivity contribution in [3.63, 3.8) is 0 Å². The minimum absolute atomic E-state index is 0.000266. The van der Waals surface area contributed by atoms with Crippen molar-refractivity contribution in [1.82, 2.24) is 25.8 Å². The number of rotatable bonds is 9. The van der Waals surface area contributed by atoms with Crippen molar-refractivity contribution in [3.8, 4) is 0 Å². The molecule has 2 aromatic carbocycles. The number of carbonyl (C=O) groups excluding carboxylic acids is 3. The monoisotopic (exact) mass is 549 g/mol. The number of hydrogen-bond acceptors (Lipinski definition) is 4. The molecule has 39 heavy (non-hydrogen) atoms. The number of likely N-dealkylation sites (N-methyl/N-ethyl adjacent to an activating group) is 1. The highest BCUT2D eigenvalue weighted by Crippen LogP contribution is 2.33. The van der Waals surface area contributed by atoms with Gasteiger partial charge in [0.25, 0.3) is 0 Å². The van der Waals surface area contributed by atoms with E-state index >= 15 is 0 Å². The van der Waals surface area contributed by atoms with Gasteiger partial charge >= 0.3 is 0 Å². The van der Waals surface area contributed by atoms with E-state index in [0.717, 1.165) is 42.4 Å². The summed E-state index contributed by atoms with van der Waals surface area (Å²) in [4.78, 5) is 44.8. The number of aromatic nitrogens is 1. The lowest BCUT2D eigenvalue weighted by Crippen LogP contribution is -2.56. The van der Waals surface area contributed by atoms with Crippen molar-refractivity contribution in [2.45, 2.75) is 31.7 Å². The Labute approximate surface area is 233 Å². The molecule has 9 heteroatoms. The summed E-state index contributed by atoms with van der Waals surface area (Å²) >= 11 is 6.11. The van der Waals surface area contributed by atoms with E-state index in [9.17, 15) is 14.4 Å². The van der Waals surface area contributed by atoms with Crippen molar-refractivity contribution in [2.24, 2.45) is 17.8 Å². The van der Waals surface area contributed by atoms with Crippen LogP contribution in [-0.2, 0) is 27.2 Å². The van der Waals surface area contributed by atoms with E-state index in [1.807, 2.05) is 47.5 Å². The van der Waals surface area contributed by atoms with Gasteiger partial charge in [-0.1, -0.05) is 48.0 Å². The Morgan fingerprint density at radius 1 is 1.10 bits per heavy atom.